The number of rotatable bonds is 6. The van der Waals surface area contributed by atoms with Crippen LogP contribution in [0.15, 0.2) is 17.1 Å². The largest absolute Gasteiger partial charge is 0.490 e. The third-order valence-corrected chi connectivity index (χ3v) is 3.06. The number of nitrogens with zero attached hydrogens (tertiary/aromatic N) is 3. The van der Waals surface area contributed by atoms with Crippen molar-refractivity contribution in [3.8, 4) is 5.75 Å². The first kappa shape index (κ1) is 13.0. The van der Waals surface area contributed by atoms with E-state index in [-0.39, 0.29) is 5.56 Å². The van der Waals surface area contributed by atoms with Crippen LogP contribution in [-0.4, -0.2) is 47.5 Å². The van der Waals surface area contributed by atoms with Crippen LogP contribution < -0.4 is 16.0 Å². The van der Waals surface area contributed by atoms with Crippen LogP contribution in [0.5, 0.6) is 5.75 Å². The molecule has 0 spiro atoms. The Hall–Kier alpha value is -1.40. The van der Waals surface area contributed by atoms with Crippen molar-refractivity contribution in [2.24, 2.45) is 5.73 Å². The number of nitrogens with two attached hydrogens (primary N) is 1. The Morgan fingerprint density at radius 2 is 2.11 bits per heavy atom. The molecule has 2 rings (SSSR count). The van der Waals surface area contributed by atoms with Gasteiger partial charge in [-0.15, -0.1) is 0 Å². The Morgan fingerprint density at radius 3 is 2.78 bits per heavy atom. The number of ether oxygens (including phenoxy) is 1. The zero-order valence-corrected chi connectivity index (χ0v) is 10.5. The fraction of sp³-hybridized carbons (Fsp3) is 0.667. The summed E-state index contributed by atoms with van der Waals surface area (Å²) in [6.45, 7) is 4.61. The van der Waals surface area contributed by atoms with Crippen LogP contribution in [0.1, 0.15) is 12.8 Å². The topological polar surface area (TPSA) is 73.4 Å². The third kappa shape index (κ3) is 3.54. The molecule has 100 valence electrons. The number of aromatic nitrogens is 2. The summed E-state index contributed by atoms with van der Waals surface area (Å²) >= 11 is 0. The maximum absolute atomic E-state index is 11.8. The van der Waals surface area contributed by atoms with Gasteiger partial charge in [-0.2, -0.15) is 5.10 Å². The van der Waals surface area contributed by atoms with Crippen LogP contribution in [0.25, 0.3) is 0 Å². The minimum Gasteiger partial charge on any atom is -0.490 e. The fourth-order valence-electron chi connectivity index (χ4n) is 2.08. The SMILES string of the molecule is NCCOc1cnn(CCN2CCCC2)c(=O)c1. The van der Waals surface area contributed by atoms with Crippen molar-refractivity contribution < 1.29 is 4.74 Å². The quantitative estimate of drug-likeness (QED) is 0.751. The lowest BCUT2D eigenvalue weighted by atomic mass is 10.4. The van der Waals surface area contributed by atoms with Gasteiger partial charge in [-0.1, -0.05) is 0 Å². The molecule has 18 heavy (non-hydrogen) atoms. The standard InChI is InChI=1S/C12H20N4O2/c13-3-8-18-11-9-12(17)16(14-10-11)7-6-15-4-1-2-5-15/h9-10H,1-8,13H2. The van der Waals surface area contributed by atoms with Crippen molar-refractivity contribution >= 4 is 0 Å². The first-order valence-corrected chi connectivity index (χ1v) is 6.42. The summed E-state index contributed by atoms with van der Waals surface area (Å²) in [4.78, 5) is 14.1. The highest BCUT2D eigenvalue weighted by molar-refractivity contribution is 5.13. The van der Waals surface area contributed by atoms with Gasteiger partial charge in [0.1, 0.15) is 12.4 Å². The summed E-state index contributed by atoms with van der Waals surface area (Å²) in [7, 11) is 0. The van der Waals surface area contributed by atoms with E-state index >= 15 is 0 Å². The highest BCUT2D eigenvalue weighted by atomic mass is 16.5. The lowest BCUT2D eigenvalue weighted by molar-refractivity contribution is 0.305. The normalized spacial score (nSPS) is 16.1. The van der Waals surface area contributed by atoms with E-state index in [1.165, 1.54) is 23.6 Å². The average molecular weight is 252 g/mol. The Balaban J connectivity index is 1.90. The molecule has 2 N–H and O–H groups in total. The van der Waals surface area contributed by atoms with Crippen LogP contribution in [-0.2, 0) is 6.54 Å². The Bertz CT molecular complexity index is 426. The van der Waals surface area contributed by atoms with Gasteiger partial charge < -0.3 is 15.4 Å². The van der Waals surface area contributed by atoms with E-state index in [4.69, 9.17) is 10.5 Å². The van der Waals surface area contributed by atoms with E-state index in [0.29, 0.717) is 25.4 Å². The maximum Gasteiger partial charge on any atom is 0.270 e. The molecule has 0 amide bonds. The monoisotopic (exact) mass is 252 g/mol. The molecule has 1 aromatic heterocycles. The van der Waals surface area contributed by atoms with Crippen molar-refractivity contribution in [1.82, 2.24) is 14.7 Å². The molecule has 1 aliphatic heterocycles. The predicted molar refractivity (Wildman–Crippen MR) is 68.7 cm³/mol. The number of hydrogen-bond donors (Lipinski definition) is 1. The molecule has 1 aromatic rings. The molecule has 0 radical (unpaired) electrons. The molecule has 0 saturated carbocycles. The zero-order valence-electron chi connectivity index (χ0n) is 10.5. The Kier molecular flexibility index (Phi) is 4.72. The summed E-state index contributed by atoms with van der Waals surface area (Å²) in [5.41, 5.74) is 5.21. The van der Waals surface area contributed by atoms with Gasteiger partial charge in [0.05, 0.1) is 12.7 Å². The second-order valence-electron chi connectivity index (χ2n) is 4.44. The lowest BCUT2D eigenvalue weighted by Crippen LogP contribution is -2.30. The summed E-state index contributed by atoms with van der Waals surface area (Å²) in [6.07, 6.45) is 4.09. The highest BCUT2D eigenvalue weighted by Crippen LogP contribution is 2.07. The number of likely N-dealkylation sites (tertiary alicyclic amines) is 1. The Labute approximate surface area is 106 Å². The van der Waals surface area contributed by atoms with Gasteiger partial charge in [-0.05, 0) is 25.9 Å². The molecule has 0 aromatic carbocycles. The molecular weight excluding hydrogens is 232 g/mol. The molecule has 1 aliphatic rings. The minimum atomic E-state index is -0.122. The minimum absolute atomic E-state index is 0.122. The van der Waals surface area contributed by atoms with Crippen molar-refractivity contribution in [1.29, 1.82) is 0 Å². The fourth-order valence-corrected chi connectivity index (χ4v) is 2.08. The van der Waals surface area contributed by atoms with E-state index < -0.39 is 0 Å². The Morgan fingerprint density at radius 1 is 1.33 bits per heavy atom. The van der Waals surface area contributed by atoms with Gasteiger partial charge in [-0.3, -0.25) is 4.79 Å². The van der Waals surface area contributed by atoms with Crippen molar-refractivity contribution in [3.63, 3.8) is 0 Å². The highest BCUT2D eigenvalue weighted by Gasteiger charge is 2.11. The lowest BCUT2D eigenvalue weighted by Gasteiger charge is -2.14. The molecule has 0 atom stereocenters. The van der Waals surface area contributed by atoms with E-state index in [9.17, 15) is 4.79 Å². The van der Waals surface area contributed by atoms with Gasteiger partial charge in [-0.25, -0.2) is 4.68 Å². The molecule has 2 heterocycles. The summed E-state index contributed by atoms with van der Waals surface area (Å²) in [5, 5.41) is 4.10. The first-order chi connectivity index (χ1) is 8.79. The van der Waals surface area contributed by atoms with E-state index in [1.807, 2.05) is 0 Å². The number of hydrogen-bond acceptors (Lipinski definition) is 5. The van der Waals surface area contributed by atoms with E-state index in [0.717, 1.165) is 19.6 Å². The van der Waals surface area contributed by atoms with Crippen LogP contribution in [0.3, 0.4) is 0 Å². The summed E-state index contributed by atoms with van der Waals surface area (Å²) in [5.74, 6) is 0.489. The third-order valence-electron chi connectivity index (χ3n) is 3.06. The van der Waals surface area contributed by atoms with Crippen molar-refractivity contribution in [2.75, 3.05) is 32.8 Å². The maximum atomic E-state index is 11.8. The predicted octanol–water partition coefficient (Wildman–Crippen LogP) is -0.323. The smallest absolute Gasteiger partial charge is 0.270 e. The molecule has 0 bridgehead atoms. The second-order valence-corrected chi connectivity index (χ2v) is 4.44. The molecule has 1 fully saturated rings. The second kappa shape index (κ2) is 6.51. The van der Waals surface area contributed by atoms with Gasteiger partial charge in [0.25, 0.3) is 5.56 Å². The summed E-state index contributed by atoms with van der Waals surface area (Å²) in [6, 6.07) is 1.46. The van der Waals surface area contributed by atoms with Crippen molar-refractivity contribution in [2.45, 2.75) is 19.4 Å². The molecule has 6 heteroatoms. The molecular formula is C12H20N4O2. The zero-order chi connectivity index (χ0) is 12.8. The van der Waals surface area contributed by atoms with E-state index in [1.54, 1.807) is 6.20 Å². The van der Waals surface area contributed by atoms with Gasteiger partial charge in [0.2, 0.25) is 0 Å². The van der Waals surface area contributed by atoms with E-state index in [2.05, 4.69) is 10.00 Å². The van der Waals surface area contributed by atoms with Gasteiger partial charge in [0, 0.05) is 19.2 Å². The summed E-state index contributed by atoms with van der Waals surface area (Å²) < 4.78 is 6.74. The molecule has 0 unspecified atom stereocenters. The van der Waals surface area contributed by atoms with Crippen LogP contribution >= 0.6 is 0 Å². The molecule has 6 nitrogen and oxygen atoms in total. The average Bonchev–Trinajstić information content (AvgIpc) is 2.88. The van der Waals surface area contributed by atoms with Crippen LogP contribution in [0, 0.1) is 0 Å². The van der Waals surface area contributed by atoms with Crippen LogP contribution in [0.2, 0.25) is 0 Å². The molecule has 0 aliphatic carbocycles. The van der Waals surface area contributed by atoms with Gasteiger partial charge >= 0.3 is 0 Å². The van der Waals surface area contributed by atoms with Crippen LogP contribution in [0.4, 0.5) is 0 Å². The molecule has 1 saturated heterocycles. The van der Waals surface area contributed by atoms with Crippen molar-refractivity contribution in [3.05, 3.63) is 22.6 Å². The van der Waals surface area contributed by atoms with Gasteiger partial charge in [0.15, 0.2) is 0 Å². The first-order valence-electron chi connectivity index (χ1n) is 6.42.